The molecular formula is C13H16N4O2. The van der Waals surface area contributed by atoms with Crippen LogP contribution in [0.3, 0.4) is 0 Å². The Balaban J connectivity index is 1.77. The standard InChI is InChI=1S/C13H16N4O2/c18-13(15-12-5-9-19-16-12)11-2-1-8-17(11)10-3-6-14-7-4-10/h1-2,5,8-10,14H,3-4,6-7H2,(H,15,16,18). The van der Waals surface area contributed by atoms with Gasteiger partial charge in [0, 0.05) is 18.3 Å². The van der Waals surface area contributed by atoms with E-state index in [1.807, 2.05) is 18.3 Å². The molecule has 1 aliphatic rings. The number of anilines is 1. The largest absolute Gasteiger partial charge is 0.363 e. The zero-order valence-corrected chi connectivity index (χ0v) is 10.5. The van der Waals surface area contributed by atoms with Gasteiger partial charge in [0.25, 0.3) is 5.91 Å². The molecule has 3 heterocycles. The molecule has 2 aromatic rings. The van der Waals surface area contributed by atoms with Crippen molar-refractivity contribution < 1.29 is 9.32 Å². The van der Waals surface area contributed by atoms with Crippen LogP contribution in [-0.2, 0) is 0 Å². The number of rotatable bonds is 3. The van der Waals surface area contributed by atoms with E-state index < -0.39 is 0 Å². The van der Waals surface area contributed by atoms with Gasteiger partial charge in [-0.1, -0.05) is 5.16 Å². The molecule has 0 aromatic carbocycles. The number of carbonyl (C=O) groups is 1. The van der Waals surface area contributed by atoms with Crippen molar-refractivity contribution in [2.45, 2.75) is 18.9 Å². The third-order valence-corrected chi connectivity index (χ3v) is 3.39. The molecule has 1 amide bonds. The number of aromatic nitrogens is 2. The van der Waals surface area contributed by atoms with E-state index in [4.69, 9.17) is 4.52 Å². The summed E-state index contributed by atoms with van der Waals surface area (Å²) >= 11 is 0. The van der Waals surface area contributed by atoms with Gasteiger partial charge < -0.3 is 19.7 Å². The SMILES string of the molecule is O=C(Nc1ccon1)c1cccn1C1CCNCC1. The Morgan fingerprint density at radius 3 is 3.00 bits per heavy atom. The third kappa shape index (κ3) is 2.53. The van der Waals surface area contributed by atoms with Gasteiger partial charge in [-0.3, -0.25) is 4.79 Å². The highest BCUT2D eigenvalue weighted by molar-refractivity contribution is 6.02. The summed E-state index contributed by atoms with van der Waals surface area (Å²) in [7, 11) is 0. The number of nitrogens with zero attached hydrogens (tertiary/aromatic N) is 2. The molecule has 2 aromatic heterocycles. The van der Waals surface area contributed by atoms with Crippen molar-refractivity contribution in [2.75, 3.05) is 18.4 Å². The minimum atomic E-state index is -0.155. The van der Waals surface area contributed by atoms with E-state index >= 15 is 0 Å². The van der Waals surface area contributed by atoms with Gasteiger partial charge in [0.2, 0.25) is 0 Å². The molecular weight excluding hydrogens is 244 g/mol. The molecule has 1 aliphatic heterocycles. The molecule has 2 N–H and O–H groups in total. The molecule has 1 saturated heterocycles. The number of amides is 1. The quantitative estimate of drug-likeness (QED) is 0.880. The molecule has 100 valence electrons. The fraction of sp³-hybridized carbons (Fsp3) is 0.385. The van der Waals surface area contributed by atoms with E-state index in [-0.39, 0.29) is 5.91 Å². The first kappa shape index (κ1) is 12.0. The Morgan fingerprint density at radius 1 is 1.42 bits per heavy atom. The van der Waals surface area contributed by atoms with Crippen molar-refractivity contribution in [3.05, 3.63) is 36.4 Å². The van der Waals surface area contributed by atoms with E-state index in [0.29, 0.717) is 17.6 Å². The predicted octanol–water partition coefficient (Wildman–Crippen LogP) is 1.65. The molecule has 19 heavy (non-hydrogen) atoms. The average Bonchev–Trinajstić information content (AvgIpc) is 3.10. The summed E-state index contributed by atoms with van der Waals surface area (Å²) in [6.07, 6.45) is 5.48. The highest BCUT2D eigenvalue weighted by atomic mass is 16.5. The lowest BCUT2D eigenvalue weighted by molar-refractivity contribution is 0.101. The second-order valence-corrected chi connectivity index (χ2v) is 4.62. The monoisotopic (exact) mass is 260 g/mol. The minimum absolute atomic E-state index is 0.155. The summed E-state index contributed by atoms with van der Waals surface area (Å²) in [6, 6.07) is 5.74. The van der Waals surface area contributed by atoms with Crippen LogP contribution in [0.15, 0.2) is 35.2 Å². The van der Waals surface area contributed by atoms with Crippen molar-refractivity contribution >= 4 is 11.7 Å². The van der Waals surface area contributed by atoms with Crippen LogP contribution in [0.5, 0.6) is 0 Å². The predicted molar refractivity (Wildman–Crippen MR) is 70.0 cm³/mol. The lowest BCUT2D eigenvalue weighted by Crippen LogP contribution is -2.31. The molecule has 3 rings (SSSR count). The molecule has 6 heteroatoms. The van der Waals surface area contributed by atoms with Gasteiger partial charge >= 0.3 is 0 Å². The van der Waals surface area contributed by atoms with Crippen LogP contribution >= 0.6 is 0 Å². The summed E-state index contributed by atoms with van der Waals surface area (Å²) in [5, 5.41) is 9.73. The Hall–Kier alpha value is -2.08. The molecule has 0 saturated carbocycles. The van der Waals surface area contributed by atoms with Gasteiger partial charge in [-0.25, -0.2) is 0 Å². The van der Waals surface area contributed by atoms with E-state index in [1.54, 1.807) is 6.07 Å². The first-order valence-electron chi connectivity index (χ1n) is 6.44. The van der Waals surface area contributed by atoms with Crippen LogP contribution in [0, 0.1) is 0 Å². The number of piperidine rings is 1. The summed E-state index contributed by atoms with van der Waals surface area (Å²) < 4.78 is 6.75. The number of carbonyl (C=O) groups excluding carboxylic acids is 1. The summed E-state index contributed by atoms with van der Waals surface area (Å²) in [5.74, 6) is 0.278. The lowest BCUT2D eigenvalue weighted by atomic mass is 10.1. The van der Waals surface area contributed by atoms with Gasteiger partial charge in [0.1, 0.15) is 12.0 Å². The molecule has 0 bridgehead atoms. The Bertz CT molecular complexity index is 541. The van der Waals surface area contributed by atoms with Crippen molar-refractivity contribution in [2.24, 2.45) is 0 Å². The van der Waals surface area contributed by atoms with Crippen LogP contribution in [0.25, 0.3) is 0 Å². The smallest absolute Gasteiger partial charge is 0.273 e. The second-order valence-electron chi connectivity index (χ2n) is 4.62. The van der Waals surface area contributed by atoms with Crippen LogP contribution in [0.4, 0.5) is 5.82 Å². The number of nitrogens with one attached hydrogen (secondary N) is 2. The van der Waals surface area contributed by atoms with E-state index in [2.05, 4.69) is 20.4 Å². The van der Waals surface area contributed by atoms with E-state index in [9.17, 15) is 4.79 Å². The third-order valence-electron chi connectivity index (χ3n) is 3.39. The summed E-state index contributed by atoms with van der Waals surface area (Å²) in [6.45, 7) is 1.99. The molecule has 1 fully saturated rings. The molecule has 0 spiro atoms. The normalized spacial score (nSPS) is 16.4. The van der Waals surface area contributed by atoms with Gasteiger partial charge in [0.05, 0.1) is 0 Å². The summed E-state index contributed by atoms with van der Waals surface area (Å²) in [4.78, 5) is 12.2. The van der Waals surface area contributed by atoms with Gasteiger partial charge in [-0.05, 0) is 38.1 Å². The van der Waals surface area contributed by atoms with Gasteiger partial charge in [-0.15, -0.1) is 0 Å². The van der Waals surface area contributed by atoms with E-state index in [1.165, 1.54) is 6.26 Å². The van der Waals surface area contributed by atoms with Crippen LogP contribution < -0.4 is 10.6 Å². The van der Waals surface area contributed by atoms with Crippen LogP contribution in [0.1, 0.15) is 29.4 Å². The zero-order valence-electron chi connectivity index (χ0n) is 10.5. The Labute approximate surface area is 110 Å². The first-order valence-corrected chi connectivity index (χ1v) is 6.44. The molecule has 0 radical (unpaired) electrons. The van der Waals surface area contributed by atoms with Crippen molar-refractivity contribution in [3.8, 4) is 0 Å². The number of hydrogen-bond donors (Lipinski definition) is 2. The first-order chi connectivity index (χ1) is 9.34. The highest BCUT2D eigenvalue weighted by Gasteiger charge is 2.20. The van der Waals surface area contributed by atoms with Crippen molar-refractivity contribution in [3.63, 3.8) is 0 Å². The number of hydrogen-bond acceptors (Lipinski definition) is 4. The fourth-order valence-electron chi connectivity index (χ4n) is 2.45. The van der Waals surface area contributed by atoms with Gasteiger partial charge in [-0.2, -0.15) is 0 Å². The fourth-order valence-corrected chi connectivity index (χ4v) is 2.45. The van der Waals surface area contributed by atoms with Crippen molar-refractivity contribution in [1.82, 2.24) is 15.0 Å². The molecule has 0 atom stereocenters. The Kier molecular flexibility index (Phi) is 3.33. The molecule has 6 nitrogen and oxygen atoms in total. The lowest BCUT2D eigenvalue weighted by Gasteiger charge is -2.25. The maximum Gasteiger partial charge on any atom is 0.273 e. The second kappa shape index (κ2) is 5.27. The zero-order chi connectivity index (χ0) is 13.1. The van der Waals surface area contributed by atoms with Crippen LogP contribution in [0.2, 0.25) is 0 Å². The highest BCUT2D eigenvalue weighted by Crippen LogP contribution is 2.21. The maximum atomic E-state index is 12.2. The van der Waals surface area contributed by atoms with E-state index in [0.717, 1.165) is 25.9 Å². The summed E-state index contributed by atoms with van der Waals surface area (Å²) in [5.41, 5.74) is 0.662. The minimum Gasteiger partial charge on any atom is -0.363 e. The van der Waals surface area contributed by atoms with Crippen LogP contribution in [-0.4, -0.2) is 28.7 Å². The topological polar surface area (TPSA) is 72.1 Å². The molecule has 0 aliphatic carbocycles. The van der Waals surface area contributed by atoms with Crippen molar-refractivity contribution in [1.29, 1.82) is 0 Å². The average molecular weight is 260 g/mol. The maximum absolute atomic E-state index is 12.2. The van der Waals surface area contributed by atoms with Gasteiger partial charge in [0.15, 0.2) is 5.82 Å². The Morgan fingerprint density at radius 2 is 2.26 bits per heavy atom. The molecule has 0 unspecified atom stereocenters.